The number of hydrogen-bond donors (Lipinski definition) is 1. The van der Waals surface area contributed by atoms with Crippen molar-refractivity contribution in [2.24, 2.45) is 7.05 Å². The van der Waals surface area contributed by atoms with Crippen molar-refractivity contribution in [2.75, 3.05) is 13.2 Å². The molecule has 2 aliphatic rings. The van der Waals surface area contributed by atoms with E-state index in [4.69, 9.17) is 23.9 Å². The minimum atomic E-state index is -1.08. The van der Waals surface area contributed by atoms with E-state index in [2.05, 4.69) is 34.2 Å². The molecule has 6 aromatic rings. The first kappa shape index (κ1) is 30.5. The molecular formula is C39H38N4O5. The van der Waals surface area contributed by atoms with Gasteiger partial charge in [-0.2, -0.15) is 0 Å². The topological polar surface area (TPSA) is 100 Å². The Kier molecular flexibility index (Phi) is 8.26. The van der Waals surface area contributed by atoms with Gasteiger partial charge in [-0.25, -0.2) is 9.97 Å². The third-order valence-electron chi connectivity index (χ3n) is 9.27. The fourth-order valence-electron chi connectivity index (χ4n) is 6.59. The molecule has 244 valence electrons. The summed E-state index contributed by atoms with van der Waals surface area (Å²) >= 11 is 0. The molecule has 0 bridgehead atoms. The molecule has 2 fully saturated rings. The van der Waals surface area contributed by atoms with Gasteiger partial charge in [0.2, 0.25) is 0 Å². The SMILES string of the molecule is Cn1cc(-c2ccc3ncnc([C@](COC4CCCCO4)(OC4CC4)c4cccc(OCc5ccccc5)c4)c3c2)c2cc[nH]c2c1=O. The number of H-pyrrole nitrogens is 1. The monoisotopic (exact) mass is 642 g/mol. The predicted octanol–water partition coefficient (Wildman–Crippen LogP) is 7.02. The summed E-state index contributed by atoms with van der Waals surface area (Å²) < 4.78 is 27.7. The molecule has 0 amide bonds. The maximum Gasteiger partial charge on any atom is 0.274 e. The zero-order valence-corrected chi connectivity index (χ0v) is 26.9. The summed E-state index contributed by atoms with van der Waals surface area (Å²) in [5.74, 6) is 0.730. The third-order valence-corrected chi connectivity index (χ3v) is 9.27. The van der Waals surface area contributed by atoms with E-state index in [9.17, 15) is 4.79 Å². The number of pyridine rings is 1. The van der Waals surface area contributed by atoms with E-state index in [1.54, 1.807) is 24.1 Å². The number of aromatic nitrogens is 4. The van der Waals surface area contributed by atoms with Crippen LogP contribution in [0.3, 0.4) is 0 Å². The largest absolute Gasteiger partial charge is 0.489 e. The van der Waals surface area contributed by atoms with Gasteiger partial charge in [0, 0.05) is 42.4 Å². The number of ether oxygens (including phenoxy) is 4. The number of benzene rings is 3. The van der Waals surface area contributed by atoms with E-state index in [-0.39, 0.29) is 24.6 Å². The lowest BCUT2D eigenvalue weighted by atomic mass is 9.87. The van der Waals surface area contributed by atoms with Crippen LogP contribution in [0.25, 0.3) is 32.9 Å². The summed E-state index contributed by atoms with van der Waals surface area (Å²) in [5.41, 5.74) is 4.76. The molecule has 8 rings (SSSR count). The van der Waals surface area contributed by atoms with Crippen molar-refractivity contribution in [3.63, 3.8) is 0 Å². The van der Waals surface area contributed by atoms with Gasteiger partial charge in [0.05, 0.1) is 23.9 Å². The number of aryl methyl sites for hydroxylation is 1. The molecule has 3 aromatic carbocycles. The summed E-state index contributed by atoms with van der Waals surface area (Å²) in [6, 6.07) is 26.3. The van der Waals surface area contributed by atoms with Crippen LogP contribution >= 0.6 is 0 Å². The second-order valence-electron chi connectivity index (χ2n) is 12.7. The summed E-state index contributed by atoms with van der Waals surface area (Å²) in [6.07, 6.45) is 9.86. The summed E-state index contributed by atoms with van der Waals surface area (Å²) in [7, 11) is 1.77. The molecular weight excluding hydrogens is 604 g/mol. The summed E-state index contributed by atoms with van der Waals surface area (Å²) in [5, 5.41) is 1.70. The van der Waals surface area contributed by atoms with Crippen LogP contribution in [0.15, 0.2) is 102 Å². The molecule has 4 heterocycles. The smallest absolute Gasteiger partial charge is 0.274 e. The first-order chi connectivity index (χ1) is 23.6. The molecule has 9 heteroatoms. The van der Waals surface area contributed by atoms with Crippen molar-refractivity contribution in [2.45, 2.75) is 56.7 Å². The fraction of sp³-hybridized carbons (Fsp3) is 0.308. The Morgan fingerprint density at radius 2 is 1.85 bits per heavy atom. The number of nitrogens with zero attached hydrogens (tertiary/aromatic N) is 3. The van der Waals surface area contributed by atoms with E-state index in [0.717, 1.165) is 76.4 Å². The lowest BCUT2D eigenvalue weighted by Gasteiger charge is -2.36. The van der Waals surface area contributed by atoms with Crippen molar-refractivity contribution >= 4 is 21.8 Å². The standard InChI is InChI=1S/C39H38N4O5/c1-43-22-33(31-17-18-40-36(31)38(43)44)27-13-16-34-32(20-27)37(42-25-41-34)39(48-29-14-15-29,24-47-35-12-5-6-19-45-35)28-10-7-11-30(21-28)46-23-26-8-3-2-4-9-26/h2-4,7-11,13,16-18,20-22,25,29,35,40H,5-6,12,14-15,19,23-24H2,1H3/t35?,39-/m1/s1. The highest BCUT2D eigenvalue weighted by Crippen LogP contribution is 2.44. The van der Waals surface area contributed by atoms with Crippen molar-refractivity contribution in [3.8, 4) is 16.9 Å². The maximum atomic E-state index is 12.9. The molecule has 2 atom stereocenters. The third kappa shape index (κ3) is 6.01. The molecule has 1 aliphatic carbocycles. The van der Waals surface area contributed by atoms with E-state index < -0.39 is 5.60 Å². The molecule has 48 heavy (non-hydrogen) atoms. The highest BCUT2D eigenvalue weighted by Gasteiger charge is 2.45. The molecule has 1 saturated carbocycles. The number of fused-ring (bicyclic) bond motifs is 2. The summed E-state index contributed by atoms with van der Waals surface area (Å²) in [6.45, 7) is 1.33. The quantitative estimate of drug-likeness (QED) is 0.162. The molecule has 9 nitrogen and oxygen atoms in total. The Labute approximate surface area is 278 Å². The van der Waals surface area contributed by atoms with Crippen LogP contribution in [0, 0.1) is 0 Å². The first-order valence-corrected chi connectivity index (χ1v) is 16.7. The molecule has 1 unspecified atom stereocenters. The van der Waals surface area contributed by atoms with Crippen LogP contribution in [0.4, 0.5) is 0 Å². The fourth-order valence-corrected chi connectivity index (χ4v) is 6.59. The van der Waals surface area contributed by atoms with Crippen LogP contribution in [-0.2, 0) is 33.5 Å². The maximum absolute atomic E-state index is 12.9. The molecule has 0 spiro atoms. The average Bonchev–Trinajstić information content (AvgIpc) is 3.82. The minimum Gasteiger partial charge on any atom is -0.489 e. The predicted molar refractivity (Wildman–Crippen MR) is 184 cm³/mol. The zero-order chi connectivity index (χ0) is 32.5. The van der Waals surface area contributed by atoms with Crippen molar-refractivity contribution in [1.82, 2.24) is 19.5 Å². The lowest BCUT2D eigenvalue weighted by Crippen LogP contribution is -2.40. The van der Waals surface area contributed by atoms with Crippen molar-refractivity contribution in [1.29, 1.82) is 0 Å². The second-order valence-corrected chi connectivity index (χ2v) is 12.7. The van der Waals surface area contributed by atoms with Crippen LogP contribution in [0.2, 0.25) is 0 Å². The van der Waals surface area contributed by atoms with Gasteiger partial charge in [0.25, 0.3) is 5.56 Å². The average molecular weight is 643 g/mol. The highest BCUT2D eigenvalue weighted by atomic mass is 16.7. The number of aromatic amines is 1. The Hall–Kier alpha value is -4.83. The van der Waals surface area contributed by atoms with Gasteiger partial charge in [0.1, 0.15) is 24.2 Å². The minimum absolute atomic E-state index is 0.0612. The number of rotatable bonds is 11. The Balaban J connectivity index is 1.27. The Bertz CT molecular complexity index is 2120. The van der Waals surface area contributed by atoms with Gasteiger partial charge in [-0.3, -0.25) is 4.79 Å². The van der Waals surface area contributed by atoms with Gasteiger partial charge in [-0.1, -0.05) is 48.5 Å². The molecule has 1 saturated heterocycles. The summed E-state index contributed by atoms with van der Waals surface area (Å²) in [4.78, 5) is 25.6. The molecule has 0 radical (unpaired) electrons. The Morgan fingerprint density at radius 3 is 2.69 bits per heavy atom. The molecule has 3 aromatic heterocycles. The Morgan fingerprint density at radius 1 is 0.958 bits per heavy atom. The lowest BCUT2D eigenvalue weighted by molar-refractivity contribution is -0.197. The van der Waals surface area contributed by atoms with Gasteiger partial charge in [0.15, 0.2) is 11.9 Å². The number of nitrogens with one attached hydrogen (secondary N) is 1. The molecule has 1 aliphatic heterocycles. The van der Waals surface area contributed by atoms with Crippen molar-refractivity contribution in [3.05, 3.63) is 125 Å². The molecule has 1 N–H and O–H groups in total. The second kappa shape index (κ2) is 13.0. The van der Waals surface area contributed by atoms with Gasteiger partial charge >= 0.3 is 0 Å². The van der Waals surface area contributed by atoms with E-state index in [0.29, 0.717) is 24.4 Å². The van der Waals surface area contributed by atoms with Crippen LogP contribution in [0.1, 0.15) is 48.9 Å². The van der Waals surface area contributed by atoms with Gasteiger partial charge in [-0.15, -0.1) is 0 Å². The van der Waals surface area contributed by atoms with Crippen LogP contribution < -0.4 is 10.3 Å². The van der Waals surface area contributed by atoms with E-state index in [1.165, 1.54) is 0 Å². The number of hydrogen-bond acceptors (Lipinski definition) is 7. The highest BCUT2D eigenvalue weighted by molar-refractivity contribution is 5.97. The van der Waals surface area contributed by atoms with E-state index in [1.807, 2.05) is 60.8 Å². The zero-order valence-electron chi connectivity index (χ0n) is 26.9. The van der Waals surface area contributed by atoms with Crippen LogP contribution in [0.5, 0.6) is 5.75 Å². The van der Waals surface area contributed by atoms with Crippen LogP contribution in [-0.4, -0.2) is 45.1 Å². The normalized spacial score (nSPS) is 17.8. The van der Waals surface area contributed by atoms with Gasteiger partial charge in [-0.05, 0) is 79.1 Å². The first-order valence-electron chi connectivity index (χ1n) is 16.7. The van der Waals surface area contributed by atoms with Gasteiger partial charge < -0.3 is 28.5 Å². The van der Waals surface area contributed by atoms with Crippen molar-refractivity contribution < 1.29 is 18.9 Å². The van der Waals surface area contributed by atoms with E-state index >= 15 is 0 Å².